The largest absolute Gasteiger partial charge is 0.293 e. The number of benzene rings is 1. The fraction of sp³-hybridized carbons (Fsp3) is 0.267. The first-order valence-corrected chi connectivity index (χ1v) is 8.72. The first-order valence-electron chi connectivity index (χ1n) is 6.18. The first kappa shape index (κ1) is 14.9. The van der Waals surface area contributed by atoms with E-state index in [2.05, 4.69) is 0 Å². The Morgan fingerprint density at radius 3 is 2.25 bits per heavy atom. The molecule has 0 unspecified atom stereocenters. The number of Topliss-reactive ketones (excluding diaryl/α,β-unsaturated/α-hetero) is 1. The Bertz CT molecular complexity index is 718. The van der Waals surface area contributed by atoms with Crippen LogP contribution >= 0.6 is 11.3 Å². The van der Waals surface area contributed by atoms with Crippen LogP contribution < -0.4 is 0 Å². The number of aryl methyl sites for hydroxylation is 3. The number of ketones is 1. The van der Waals surface area contributed by atoms with Gasteiger partial charge in [0.25, 0.3) is 0 Å². The van der Waals surface area contributed by atoms with Gasteiger partial charge in [-0.25, -0.2) is 8.42 Å². The minimum atomic E-state index is -3.54. The Balaban J connectivity index is 2.35. The summed E-state index contributed by atoms with van der Waals surface area (Å²) in [7, 11) is -3.54. The van der Waals surface area contributed by atoms with Crippen LogP contribution in [-0.2, 0) is 9.84 Å². The zero-order chi connectivity index (χ0) is 14.9. The van der Waals surface area contributed by atoms with E-state index in [0.29, 0.717) is 5.56 Å². The van der Waals surface area contributed by atoms with E-state index in [1.54, 1.807) is 11.4 Å². The fourth-order valence-corrected chi connectivity index (χ4v) is 4.67. The SMILES string of the molecule is Cc1cc(C)c(C(=O)CS(=O)(=O)c2cccs2)c(C)c1. The van der Waals surface area contributed by atoms with Crippen molar-refractivity contribution in [3.63, 3.8) is 0 Å². The lowest BCUT2D eigenvalue weighted by Gasteiger charge is -2.10. The van der Waals surface area contributed by atoms with E-state index in [-0.39, 0.29) is 9.99 Å². The van der Waals surface area contributed by atoms with Crippen LogP contribution in [0.1, 0.15) is 27.0 Å². The van der Waals surface area contributed by atoms with Crippen molar-refractivity contribution in [1.29, 1.82) is 0 Å². The molecule has 1 heterocycles. The van der Waals surface area contributed by atoms with Crippen molar-refractivity contribution in [1.82, 2.24) is 0 Å². The van der Waals surface area contributed by atoms with Crippen LogP contribution in [0, 0.1) is 20.8 Å². The second-order valence-corrected chi connectivity index (χ2v) is 8.05. The van der Waals surface area contributed by atoms with Crippen LogP contribution in [0.2, 0.25) is 0 Å². The third-order valence-corrected chi connectivity index (χ3v) is 6.18. The smallest absolute Gasteiger partial charge is 0.195 e. The molecule has 0 saturated heterocycles. The van der Waals surface area contributed by atoms with E-state index < -0.39 is 15.6 Å². The van der Waals surface area contributed by atoms with Gasteiger partial charge < -0.3 is 0 Å². The summed E-state index contributed by atoms with van der Waals surface area (Å²) in [5.41, 5.74) is 3.25. The molecule has 0 N–H and O–H groups in total. The molecular weight excluding hydrogens is 292 g/mol. The van der Waals surface area contributed by atoms with E-state index in [1.165, 1.54) is 6.07 Å². The van der Waals surface area contributed by atoms with Gasteiger partial charge in [0, 0.05) is 5.56 Å². The fourth-order valence-electron chi connectivity index (χ4n) is 2.38. The van der Waals surface area contributed by atoms with Crippen LogP contribution in [0.3, 0.4) is 0 Å². The number of carbonyl (C=O) groups excluding carboxylic acids is 1. The second kappa shape index (κ2) is 5.50. The van der Waals surface area contributed by atoms with Gasteiger partial charge in [-0.15, -0.1) is 11.3 Å². The van der Waals surface area contributed by atoms with Crippen LogP contribution in [0.5, 0.6) is 0 Å². The molecule has 0 aliphatic carbocycles. The highest BCUT2D eigenvalue weighted by molar-refractivity contribution is 7.94. The first-order chi connectivity index (χ1) is 9.31. The van der Waals surface area contributed by atoms with Gasteiger partial charge in [-0.2, -0.15) is 0 Å². The van der Waals surface area contributed by atoms with Crippen LogP contribution in [-0.4, -0.2) is 20.0 Å². The molecule has 0 saturated carbocycles. The Morgan fingerprint density at radius 1 is 1.15 bits per heavy atom. The summed E-state index contributed by atoms with van der Waals surface area (Å²) in [6.07, 6.45) is 0. The predicted molar refractivity (Wildman–Crippen MR) is 81.4 cm³/mol. The highest BCUT2D eigenvalue weighted by Crippen LogP contribution is 2.21. The molecule has 0 aliphatic rings. The quantitative estimate of drug-likeness (QED) is 0.814. The van der Waals surface area contributed by atoms with Crippen LogP contribution in [0.4, 0.5) is 0 Å². The Labute approximate surface area is 123 Å². The maximum absolute atomic E-state index is 12.3. The molecule has 0 spiro atoms. The molecule has 1 aromatic carbocycles. The molecule has 5 heteroatoms. The molecule has 0 fully saturated rings. The lowest BCUT2D eigenvalue weighted by molar-refractivity contribution is 0.102. The number of carbonyl (C=O) groups is 1. The molecule has 0 aliphatic heterocycles. The Morgan fingerprint density at radius 2 is 1.75 bits per heavy atom. The number of hydrogen-bond donors (Lipinski definition) is 0. The molecule has 106 valence electrons. The van der Waals surface area contributed by atoms with Gasteiger partial charge in [-0.1, -0.05) is 23.8 Å². The van der Waals surface area contributed by atoms with Gasteiger partial charge in [0.1, 0.15) is 9.96 Å². The minimum Gasteiger partial charge on any atom is -0.293 e. The van der Waals surface area contributed by atoms with Crippen molar-refractivity contribution in [3.05, 3.63) is 51.9 Å². The molecule has 0 atom stereocenters. The van der Waals surface area contributed by atoms with Crippen molar-refractivity contribution in [3.8, 4) is 0 Å². The summed E-state index contributed by atoms with van der Waals surface area (Å²) in [6.45, 7) is 5.63. The predicted octanol–water partition coefficient (Wildman–Crippen LogP) is 3.33. The monoisotopic (exact) mass is 308 g/mol. The maximum atomic E-state index is 12.3. The van der Waals surface area contributed by atoms with Gasteiger partial charge in [0.15, 0.2) is 15.6 Å². The van der Waals surface area contributed by atoms with E-state index in [9.17, 15) is 13.2 Å². The van der Waals surface area contributed by atoms with Crippen molar-refractivity contribution < 1.29 is 13.2 Å². The second-order valence-electron chi connectivity index (χ2n) is 4.89. The van der Waals surface area contributed by atoms with Gasteiger partial charge in [-0.05, 0) is 43.3 Å². The zero-order valence-corrected chi connectivity index (χ0v) is 13.3. The lowest BCUT2D eigenvalue weighted by Crippen LogP contribution is -2.17. The van der Waals surface area contributed by atoms with Crippen LogP contribution in [0.25, 0.3) is 0 Å². The number of rotatable bonds is 4. The lowest BCUT2D eigenvalue weighted by atomic mass is 9.97. The van der Waals surface area contributed by atoms with E-state index in [0.717, 1.165) is 28.0 Å². The Hall–Kier alpha value is -1.46. The standard InChI is InChI=1S/C15H16O3S2/c1-10-7-11(2)15(12(3)8-10)13(16)9-20(17,18)14-5-4-6-19-14/h4-8H,9H2,1-3H3. The normalized spacial score (nSPS) is 11.6. The third kappa shape index (κ3) is 2.99. The zero-order valence-electron chi connectivity index (χ0n) is 11.6. The summed E-state index contributed by atoms with van der Waals surface area (Å²) >= 11 is 1.14. The molecule has 3 nitrogen and oxygen atoms in total. The molecule has 0 bridgehead atoms. The number of hydrogen-bond acceptors (Lipinski definition) is 4. The summed E-state index contributed by atoms with van der Waals surface area (Å²) < 4.78 is 24.6. The minimum absolute atomic E-state index is 0.244. The van der Waals surface area contributed by atoms with Gasteiger partial charge in [-0.3, -0.25) is 4.79 Å². The van der Waals surface area contributed by atoms with E-state index in [4.69, 9.17) is 0 Å². The molecule has 0 radical (unpaired) electrons. The molecule has 0 amide bonds. The summed E-state index contributed by atoms with van der Waals surface area (Å²) in [5.74, 6) is -0.813. The van der Waals surface area contributed by atoms with Crippen LogP contribution in [0.15, 0.2) is 33.9 Å². The van der Waals surface area contributed by atoms with E-state index >= 15 is 0 Å². The van der Waals surface area contributed by atoms with Crippen molar-refractivity contribution in [2.75, 3.05) is 5.75 Å². The summed E-state index contributed by atoms with van der Waals surface area (Å²) in [4.78, 5) is 12.3. The van der Waals surface area contributed by atoms with Gasteiger partial charge in [0.2, 0.25) is 0 Å². The highest BCUT2D eigenvalue weighted by atomic mass is 32.2. The molecule has 2 rings (SSSR count). The molecule has 20 heavy (non-hydrogen) atoms. The van der Waals surface area contributed by atoms with Crippen molar-refractivity contribution >= 4 is 27.0 Å². The maximum Gasteiger partial charge on any atom is 0.195 e. The number of sulfone groups is 1. The average molecular weight is 308 g/mol. The highest BCUT2D eigenvalue weighted by Gasteiger charge is 2.23. The molecule has 1 aromatic heterocycles. The molecule has 2 aromatic rings. The summed E-state index contributed by atoms with van der Waals surface area (Å²) in [5, 5.41) is 1.69. The van der Waals surface area contributed by atoms with Gasteiger partial charge in [0.05, 0.1) is 0 Å². The topological polar surface area (TPSA) is 51.2 Å². The summed E-state index contributed by atoms with van der Waals surface area (Å²) in [6, 6.07) is 7.00. The third-order valence-electron chi connectivity index (χ3n) is 3.08. The van der Waals surface area contributed by atoms with E-state index in [1.807, 2.05) is 32.9 Å². The van der Waals surface area contributed by atoms with Gasteiger partial charge >= 0.3 is 0 Å². The van der Waals surface area contributed by atoms with Crippen molar-refractivity contribution in [2.45, 2.75) is 25.0 Å². The Kier molecular flexibility index (Phi) is 4.11. The molecular formula is C15H16O3S2. The average Bonchev–Trinajstić information content (AvgIpc) is 2.79. The van der Waals surface area contributed by atoms with Crippen molar-refractivity contribution in [2.24, 2.45) is 0 Å². The number of thiophene rings is 1.